The number of nitrogens with one attached hydrogen (secondary N) is 1. The number of benzene rings is 1. The topological polar surface area (TPSA) is 61.6 Å². The molecule has 6 heteroatoms. The Morgan fingerprint density at radius 2 is 1.89 bits per heavy atom. The molecule has 2 aromatic rings. The second-order valence-electron chi connectivity index (χ2n) is 8.17. The second kappa shape index (κ2) is 8.35. The van der Waals surface area contributed by atoms with E-state index in [1.54, 1.807) is 0 Å². The fourth-order valence-electron chi connectivity index (χ4n) is 4.33. The Morgan fingerprint density at radius 3 is 2.57 bits per heavy atom. The first-order valence-electron chi connectivity index (χ1n) is 10.4. The monoisotopic (exact) mass is 382 g/mol. The minimum atomic E-state index is 0.149. The predicted octanol–water partition coefficient (Wildman–Crippen LogP) is 3.20. The number of likely N-dealkylation sites (tertiary alicyclic amines) is 1. The first-order chi connectivity index (χ1) is 13.6. The third-order valence-corrected chi connectivity index (χ3v) is 6.00. The number of amides is 1. The van der Waals surface area contributed by atoms with E-state index in [2.05, 4.69) is 26.7 Å². The van der Waals surface area contributed by atoms with Crippen LogP contribution in [0.1, 0.15) is 32.6 Å². The Bertz CT molecular complexity index is 797. The molecule has 4 rings (SSSR count). The number of rotatable bonds is 5. The standard InChI is InChI=1S/C22H30N4O2/c1-16(2)15-23-21(27)17-7-11-25(12-8-17)18-9-13-26(14-10-18)22-24-19-5-3-4-6-20(19)28-22/h3-6,17-18H,1,7-15H2,2H3,(H,23,27). The van der Waals surface area contributed by atoms with Crippen molar-refractivity contribution in [3.8, 4) is 0 Å². The summed E-state index contributed by atoms with van der Waals surface area (Å²) in [7, 11) is 0. The number of carbonyl (C=O) groups excluding carboxylic acids is 1. The van der Waals surface area contributed by atoms with Crippen LogP contribution < -0.4 is 10.2 Å². The molecule has 2 aliphatic heterocycles. The van der Waals surface area contributed by atoms with E-state index in [4.69, 9.17) is 4.42 Å². The Kier molecular flexibility index (Phi) is 5.67. The minimum absolute atomic E-state index is 0.149. The summed E-state index contributed by atoms with van der Waals surface area (Å²) in [4.78, 5) is 21.7. The van der Waals surface area contributed by atoms with Gasteiger partial charge in [0.15, 0.2) is 5.58 Å². The number of oxazole rings is 1. The van der Waals surface area contributed by atoms with Crippen molar-refractivity contribution in [2.45, 2.75) is 38.6 Å². The summed E-state index contributed by atoms with van der Waals surface area (Å²) < 4.78 is 5.92. The van der Waals surface area contributed by atoms with Gasteiger partial charge >= 0.3 is 0 Å². The lowest BCUT2D eigenvalue weighted by atomic mass is 9.93. The normalized spacial score (nSPS) is 19.8. The van der Waals surface area contributed by atoms with Gasteiger partial charge in [0.25, 0.3) is 6.01 Å². The van der Waals surface area contributed by atoms with Gasteiger partial charge in [0, 0.05) is 31.6 Å². The number of fused-ring (bicyclic) bond motifs is 1. The van der Waals surface area contributed by atoms with Crippen molar-refractivity contribution in [2.24, 2.45) is 5.92 Å². The molecule has 0 atom stereocenters. The summed E-state index contributed by atoms with van der Waals surface area (Å²) in [6.07, 6.45) is 4.14. The van der Waals surface area contributed by atoms with Crippen molar-refractivity contribution in [3.63, 3.8) is 0 Å². The van der Waals surface area contributed by atoms with E-state index in [0.717, 1.165) is 74.5 Å². The number of aromatic nitrogens is 1. The van der Waals surface area contributed by atoms with E-state index in [1.807, 2.05) is 31.2 Å². The van der Waals surface area contributed by atoms with Gasteiger partial charge in [-0.05, 0) is 57.8 Å². The first-order valence-corrected chi connectivity index (χ1v) is 10.4. The molecule has 2 fully saturated rings. The number of hydrogen-bond donors (Lipinski definition) is 1. The maximum atomic E-state index is 12.3. The summed E-state index contributed by atoms with van der Waals surface area (Å²) in [6.45, 7) is 10.3. The Labute approximate surface area is 166 Å². The largest absolute Gasteiger partial charge is 0.423 e. The average molecular weight is 383 g/mol. The molecule has 0 spiro atoms. The van der Waals surface area contributed by atoms with Crippen LogP contribution in [0.15, 0.2) is 40.8 Å². The van der Waals surface area contributed by atoms with Crippen molar-refractivity contribution in [2.75, 3.05) is 37.6 Å². The van der Waals surface area contributed by atoms with Gasteiger partial charge in [-0.2, -0.15) is 4.98 Å². The summed E-state index contributed by atoms with van der Waals surface area (Å²) in [5, 5.41) is 3.00. The fraction of sp³-hybridized carbons (Fsp3) is 0.545. The van der Waals surface area contributed by atoms with Gasteiger partial charge in [-0.15, -0.1) is 0 Å². The van der Waals surface area contributed by atoms with Gasteiger partial charge in [0.2, 0.25) is 5.91 Å². The highest BCUT2D eigenvalue weighted by Crippen LogP contribution is 2.28. The highest BCUT2D eigenvalue weighted by Gasteiger charge is 2.31. The lowest BCUT2D eigenvalue weighted by molar-refractivity contribution is -0.126. The third-order valence-electron chi connectivity index (χ3n) is 6.00. The van der Waals surface area contributed by atoms with Gasteiger partial charge in [0.1, 0.15) is 5.52 Å². The molecule has 6 nitrogen and oxygen atoms in total. The van der Waals surface area contributed by atoms with Crippen LogP contribution in [0.3, 0.4) is 0 Å². The van der Waals surface area contributed by atoms with Crippen LogP contribution in [0.2, 0.25) is 0 Å². The zero-order valence-corrected chi connectivity index (χ0v) is 16.7. The number of nitrogens with zero attached hydrogens (tertiary/aromatic N) is 3. The van der Waals surface area contributed by atoms with Gasteiger partial charge in [0.05, 0.1) is 0 Å². The summed E-state index contributed by atoms with van der Waals surface area (Å²) in [5.41, 5.74) is 2.77. The van der Waals surface area contributed by atoms with Crippen LogP contribution >= 0.6 is 0 Å². The first kappa shape index (κ1) is 19.0. The summed E-state index contributed by atoms with van der Waals surface area (Å²) in [6, 6.07) is 9.27. The predicted molar refractivity (Wildman–Crippen MR) is 111 cm³/mol. The van der Waals surface area contributed by atoms with Crippen molar-refractivity contribution in [1.29, 1.82) is 0 Å². The number of piperidine rings is 2. The van der Waals surface area contributed by atoms with Gasteiger partial charge in [-0.1, -0.05) is 24.3 Å². The van der Waals surface area contributed by atoms with Crippen LogP contribution in [0, 0.1) is 5.92 Å². The van der Waals surface area contributed by atoms with E-state index < -0.39 is 0 Å². The maximum absolute atomic E-state index is 12.3. The third kappa shape index (κ3) is 4.22. The zero-order valence-electron chi connectivity index (χ0n) is 16.7. The molecule has 0 bridgehead atoms. The SMILES string of the molecule is C=C(C)CNC(=O)C1CCN(C2CCN(c3nc4ccccc4o3)CC2)CC1. The zero-order chi connectivity index (χ0) is 19.5. The molecule has 2 saturated heterocycles. The fourth-order valence-corrected chi connectivity index (χ4v) is 4.33. The van der Waals surface area contributed by atoms with Gasteiger partial charge in [-0.3, -0.25) is 4.79 Å². The molecule has 0 radical (unpaired) electrons. The molecule has 28 heavy (non-hydrogen) atoms. The summed E-state index contributed by atoms with van der Waals surface area (Å²) in [5.74, 6) is 0.337. The average Bonchev–Trinajstić information content (AvgIpc) is 3.16. The van der Waals surface area contributed by atoms with E-state index in [1.165, 1.54) is 0 Å². The van der Waals surface area contributed by atoms with E-state index >= 15 is 0 Å². The van der Waals surface area contributed by atoms with Crippen molar-refractivity contribution in [1.82, 2.24) is 15.2 Å². The highest BCUT2D eigenvalue weighted by atomic mass is 16.4. The molecular weight excluding hydrogens is 352 g/mol. The number of anilines is 1. The Hall–Kier alpha value is -2.34. The van der Waals surface area contributed by atoms with Crippen molar-refractivity contribution in [3.05, 3.63) is 36.4 Å². The maximum Gasteiger partial charge on any atom is 0.298 e. The quantitative estimate of drug-likeness (QED) is 0.805. The van der Waals surface area contributed by atoms with Gasteiger partial charge < -0.3 is 19.5 Å². The van der Waals surface area contributed by atoms with E-state index in [-0.39, 0.29) is 11.8 Å². The minimum Gasteiger partial charge on any atom is -0.423 e. The Morgan fingerprint density at radius 1 is 1.18 bits per heavy atom. The van der Waals surface area contributed by atoms with Crippen LogP contribution in [0.5, 0.6) is 0 Å². The molecule has 3 heterocycles. The molecule has 2 aliphatic rings. The molecular formula is C22H30N4O2. The molecule has 0 unspecified atom stereocenters. The van der Waals surface area contributed by atoms with Gasteiger partial charge in [-0.25, -0.2) is 0 Å². The molecule has 0 aliphatic carbocycles. The second-order valence-corrected chi connectivity index (χ2v) is 8.17. The molecule has 150 valence electrons. The lowest BCUT2D eigenvalue weighted by Crippen LogP contribution is -2.49. The smallest absolute Gasteiger partial charge is 0.298 e. The number of para-hydroxylation sites is 2. The van der Waals surface area contributed by atoms with Crippen LogP contribution in [-0.4, -0.2) is 54.6 Å². The summed E-state index contributed by atoms with van der Waals surface area (Å²) >= 11 is 0. The highest BCUT2D eigenvalue weighted by molar-refractivity contribution is 5.79. The molecule has 1 aromatic carbocycles. The molecule has 1 N–H and O–H groups in total. The van der Waals surface area contributed by atoms with Crippen molar-refractivity contribution >= 4 is 23.0 Å². The van der Waals surface area contributed by atoms with Crippen LogP contribution in [-0.2, 0) is 4.79 Å². The molecule has 0 saturated carbocycles. The van der Waals surface area contributed by atoms with Crippen LogP contribution in [0.25, 0.3) is 11.1 Å². The number of carbonyl (C=O) groups is 1. The Balaban J connectivity index is 1.25. The number of hydrogen-bond acceptors (Lipinski definition) is 5. The van der Waals surface area contributed by atoms with E-state index in [0.29, 0.717) is 12.6 Å². The van der Waals surface area contributed by atoms with E-state index in [9.17, 15) is 4.79 Å². The molecule has 1 aromatic heterocycles. The van der Waals surface area contributed by atoms with Crippen molar-refractivity contribution < 1.29 is 9.21 Å². The van der Waals surface area contributed by atoms with Crippen LogP contribution in [0.4, 0.5) is 6.01 Å². The lowest BCUT2D eigenvalue weighted by Gasteiger charge is -2.41. The molecule has 1 amide bonds.